The molecule has 2 heterocycles. The largest absolute Gasteiger partial charge is 0.459 e. The van der Waals surface area contributed by atoms with E-state index in [-0.39, 0.29) is 17.9 Å². The third kappa shape index (κ3) is 4.59. The summed E-state index contributed by atoms with van der Waals surface area (Å²) >= 11 is 0. The van der Waals surface area contributed by atoms with Crippen LogP contribution in [0.15, 0.2) is 54.6 Å². The van der Waals surface area contributed by atoms with E-state index in [2.05, 4.69) is 6.08 Å². The number of benzene rings is 2. The maximum atomic E-state index is 13.2. The number of allylic oxidation sites excluding steroid dienone is 1. The van der Waals surface area contributed by atoms with Gasteiger partial charge in [0.25, 0.3) is 0 Å². The third-order valence-electron chi connectivity index (χ3n) is 6.10. The minimum Gasteiger partial charge on any atom is -0.459 e. The summed E-state index contributed by atoms with van der Waals surface area (Å²) in [6.07, 6.45) is 3.04. The Morgan fingerprint density at radius 2 is 1.79 bits per heavy atom. The lowest BCUT2D eigenvalue weighted by Gasteiger charge is -2.13. The van der Waals surface area contributed by atoms with Crippen LogP contribution in [0.4, 0.5) is 0 Å². The van der Waals surface area contributed by atoms with Crippen LogP contribution in [0.2, 0.25) is 0 Å². The zero-order valence-electron chi connectivity index (χ0n) is 18.4. The van der Waals surface area contributed by atoms with Gasteiger partial charge in [0.2, 0.25) is 0 Å². The molecule has 1 unspecified atom stereocenters. The molecule has 1 fully saturated rings. The first-order valence-corrected chi connectivity index (χ1v) is 13.0. The lowest BCUT2D eigenvalue weighted by molar-refractivity contribution is -0.151. The molecule has 0 amide bonds. The summed E-state index contributed by atoms with van der Waals surface area (Å²) < 4.78 is 33.6. The lowest BCUT2D eigenvalue weighted by Crippen LogP contribution is -2.24. The van der Waals surface area contributed by atoms with E-state index in [1.807, 2.05) is 54.6 Å². The van der Waals surface area contributed by atoms with Crippen molar-refractivity contribution in [1.29, 1.82) is 0 Å². The average molecular weight is 478 g/mol. The zero-order chi connectivity index (χ0) is 23.7. The van der Waals surface area contributed by atoms with Crippen LogP contribution < -0.4 is 0 Å². The minimum absolute atomic E-state index is 0.00128. The van der Waals surface area contributed by atoms with Crippen LogP contribution in [0.5, 0.6) is 0 Å². The maximum Gasteiger partial charge on any atom is 0.344 e. The van der Waals surface area contributed by atoms with Gasteiger partial charge in [-0.05, 0) is 48.1 Å². The first-order valence-electron chi connectivity index (χ1n) is 11.1. The van der Waals surface area contributed by atoms with Crippen molar-refractivity contribution in [1.82, 2.24) is 4.98 Å². The number of para-hydroxylation sites is 1. The number of esters is 2. The van der Waals surface area contributed by atoms with Crippen LogP contribution in [0, 0.1) is 0 Å². The summed E-state index contributed by atoms with van der Waals surface area (Å²) in [5.41, 5.74) is 4.76. The van der Waals surface area contributed by atoms with Gasteiger partial charge in [0.05, 0.1) is 28.3 Å². The smallest absolute Gasteiger partial charge is 0.344 e. The Kier molecular flexibility index (Phi) is 5.91. The highest BCUT2D eigenvalue weighted by Crippen LogP contribution is 2.37. The molecular weight excluding hydrogens is 454 g/mol. The van der Waals surface area contributed by atoms with Crippen LogP contribution in [-0.2, 0) is 30.5 Å². The highest BCUT2D eigenvalue weighted by atomic mass is 32.2. The number of carbonyl (C=O) groups is 2. The van der Waals surface area contributed by atoms with Crippen molar-refractivity contribution in [2.75, 3.05) is 18.1 Å². The van der Waals surface area contributed by atoms with E-state index < -0.39 is 34.5 Å². The predicted molar refractivity (Wildman–Crippen MR) is 128 cm³/mol. The molecule has 0 N–H and O–H groups in total. The standard InChI is InChI=1S/C26H23NO6S/c28-23(33-19-12-13-34(30,31)16-19)15-32-26(29)24-20-8-4-5-9-22(20)27-25-18(10-11-21(24)25)14-17-6-2-1-3-7-17/h1-9,14,19H,10-13,15-16H2/b18-14+. The van der Waals surface area contributed by atoms with Crippen LogP contribution in [0.1, 0.15) is 40.0 Å². The number of nitrogens with zero attached hydrogens (tertiary/aromatic N) is 1. The Labute approximate surface area is 197 Å². The van der Waals surface area contributed by atoms with E-state index in [1.54, 1.807) is 0 Å². The quantitative estimate of drug-likeness (QED) is 0.518. The fraction of sp³-hybridized carbons (Fsp3) is 0.269. The Morgan fingerprint density at radius 3 is 2.56 bits per heavy atom. The Bertz CT molecular complexity index is 1410. The monoisotopic (exact) mass is 477 g/mol. The molecule has 0 spiro atoms. The molecule has 1 saturated heterocycles. The summed E-state index contributed by atoms with van der Waals surface area (Å²) in [6.45, 7) is -0.576. The van der Waals surface area contributed by atoms with E-state index in [0.29, 0.717) is 22.9 Å². The summed E-state index contributed by atoms with van der Waals surface area (Å²) in [4.78, 5) is 30.2. The van der Waals surface area contributed by atoms with Gasteiger partial charge in [-0.3, -0.25) is 0 Å². The fourth-order valence-corrected chi connectivity index (χ4v) is 6.12. The number of pyridine rings is 1. The molecule has 1 aromatic heterocycles. The second kappa shape index (κ2) is 9.02. The zero-order valence-corrected chi connectivity index (χ0v) is 19.2. The number of fused-ring (bicyclic) bond motifs is 2. The summed E-state index contributed by atoms with van der Waals surface area (Å²) in [6, 6.07) is 17.3. The number of hydrogen-bond donors (Lipinski definition) is 0. The summed E-state index contributed by atoms with van der Waals surface area (Å²) in [7, 11) is -3.17. The summed E-state index contributed by atoms with van der Waals surface area (Å²) in [5.74, 6) is -1.56. The molecule has 8 heteroatoms. The van der Waals surface area contributed by atoms with Crippen molar-refractivity contribution in [2.24, 2.45) is 0 Å². The normalized spacial score (nSPS) is 19.8. The molecule has 7 nitrogen and oxygen atoms in total. The van der Waals surface area contributed by atoms with E-state index in [1.165, 1.54) is 0 Å². The van der Waals surface area contributed by atoms with Gasteiger partial charge in [0.1, 0.15) is 6.10 Å². The van der Waals surface area contributed by atoms with Crippen LogP contribution in [0.3, 0.4) is 0 Å². The van der Waals surface area contributed by atoms with Gasteiger partial charge in [-0.2, -0.15) is 0 Å². The van der Waals surface area contributed by atoms with Gasteiger partial charge in [0, 0.05) is 5.39 Å². The van der Waals surface area contributed by atoms with Crippen LogP contribution in [-0.4, -0.2) is 49.6 Å². The van der Waals surface area contributed by atoms with Crippen molar-refractivity contribution in [3.05, 3.63) is 77.0 Å². The molecule has 1 aliphatic heterocycles. The summed E-state index contributed by atoms with van der Waals surface area (Å²) in [5, 5.41) is 0.669. The van der Waals surface area contributed by atoms with Crippen molar-refractivity contribution in [2.45, 2.75) is 25.4 Å². The second-order valence-electron chi connectivity index (χ2n) is 8.50. The molecule has 3 aromatic rings. The predicted octanol–water partition coefficient (Wildman–Crippen LogP) is 3.61. The molecule has 0 saturated carbocycles. The number of ether oxygens (including phenoxy) is 2. The lowest BCUT2D eigenvalue weighted by atomic mass is 10.0. The first-order chi connectivity index (χ1) is 16.4. The Balaban J connectivity index is 1.40. The average Bonchev–Trinajstić information content (AvgIpc) is 3.38. The number of aromatic nitrogens is 1. The Hall–Kier alpha value is -3.52. The van der Waals surface area contributed by atoms with Crippen LogP contribution >= 0.6 is 0 Å². The van der Waals surface area contributed by atoms with Gasteiger partial charge in [-0.15, -0.1) is 0 Å². The van der Waals surface area contributed by atoms with E-state index in [4.69, 9.17) is 14.5 Å². The van der Waals surface area contributed by atoms with Gasteiger partial charge in [-0.25, -0.2) is 23.0 Å². The van der Waals surface area contributed by atoms with Gasteiger partial charge < -0.3 is 9.47 Å². The first kappa shape index (κ1) is 22.3. The Morgan fingerprint density at radius 1 is 1.03 bits per heavy atom. The molecule has 0 radical (unpaired) electrons. The highest BCUT2D eigenvalue weighted by molar-refractivity contribution is 7.91. The third-order valence-corrected chi connectivity index (χ3v) is 7.83. The van der Waals surface area contributed by atoms with Crippen molar-refractivity contribution >= 4 is 44.3 Å². The van der Waals surface area contributed by atoms with Gasteiger partial charge >= 0.3 is 11.9 Å². The highest BCUT2D eigenvalue weighted by Gasteiger charge is 2.32. The minimum atomic E-state index is -3.17. The molecule has 5 rings (SSSR count). The van der Waals surface area contributed by atoms with Gasteiger partial charge in [-0.1, -0.05) is 48.5 Å². The number of hydrogen-bond acceptors (Lipinski definition) is 7. The maximum absolute atomic E-state index is 13.2. The van der Waals surface area contributed by atoms with E-state index in [9.17, 15) is 18.0 Å². The van der Waals surface area contributed by atoms with Crippen molar-refractivity contribution < 1.29 is 27.5 Å². The molecule has 2 aromatic carbocycles. The van der Waals surface area contributed by atoms with Gasteiger partial charge in [0.15, 0.2) is 16.4 Å². The molecule has 1 aliphatic carbocycles. The van der Waals surface area contributed by atoms with Crippen LogP contribution in [0.25, 0.3) is 22.6 Å². The molecule has 1 atom stereocenters. The SMILES string of the molecule is O=C(COC(=O)c1c2c(nc3ccccc13)/C(=C/c1ccccc1)CC2)OC1CCS(=O)(=O)C1. The van der Waals surface area contributed by atoms with E-state index >= 15 is 0 Å². The number of sulfone groups is 1. The van der Waals surface area contributed by atoms with E-state index in [0.717, 1.165) is 28.8 Å². The van der Waals surface area contributed by atoms with Crippen molar-refractivity contribution in [3.63, 3.8) is 0 Å². The molecular formula is C26H23NO6S. The van der Waals surface area contributed by atoms with Crippen molar-refractivity contribution in [3.8, 4) is 0 Å². The molecule has 34 heavy (non-hydrogen) atoms. The molecule has 0 bridgehead atoms. The number of rotatable bonds is 5. The fourth-order valence-electron chi connectivity index (χ4n) is 4.53. The topological polar surface area (TPSA) is 99.6 Å². The molecule has 2 aliphatic rings. The second-order valence-corrected chi connectivity index (χ2v) is 10.7. The number of carbonyl (C=O) groups excluding carboxylic acids is 2. The molecule has 174 valence electrons.